The van der Waals surface area contributed by atoms with Crippen LogP contribution in [-0.4, -0.2) is 56.3 Å². The summed E-state index contributed by atoms with van der Waals surface area (Å²) in [6.45, 7) is 0.394. The van der Waals surface area contributed by atoms with Gasteiger partial charge in [0.25, 0.3) is 0 Å². The van der Waals surface area contributed by atoms with Gasteiger partial charge in [-0.2, -0.15) is 0 Å². The highest BCUT2D eigenvalue weighted by molar-refractivity contribution is 5.99. The number of quaternary nitrogens is 1. The van der Waals surface area contributed by atoms with Crippen LogP contribution in [0.1, 0.15) is 10.4 Å². The molecular formula is C13H20NO3+. The molecule has 0 heterocycles. The summed E-state index contributed by atoms with van der Waals surface area (Å²) in [5, 5.41) is 9.84. The fourth-order valence-electron chi connectivity index (χ4n) is 1.55. The van der Waals surface area contributed by atoms with Crippen molar-refractivity contribution in [3.63, 3.8) is 0 Å². The Balaban J connectivity index is 2.75. The molecule has 0 saturated heterocycles. The number of likely N-dealkylation sites (N-methyl/N-ethyl adjacent to an activating group) is 1. The minimum Gasteiger partial charge on any atom is -0.497 e. The Morgan fingerprint density at radius 2 is 1.82 bits per heavy atom. The predicted octanol–water partition coefficient (Wildman–Crippen LogP) is 0.945. The van der Waals surface area contributed by atoms with E-state index in [1.54, 1.807) is 31.4 Å². The van der Waals surface area contributed by atoms with Crippen molar-refractivity contribution in [3.05, 3.63) is 29.8 Å². The van der Waals surface area contributed by atoms with Crippen LogP contribution >= 0.6 is 0 Å². The van der Waals surface area contributed by atoms with E-state index in [1.807, 2.05) is 21.1 Å². The molecule has 0 radical (unpaired) electrons. The van der Waals surface area contributed by atoms with Gasteiger partial charge in [0.15, 0.2) is 11.9 Å². The molecule has 0 amide bonds. The molecule has 0 aromatic heterocycles. The number of ketones is 1. The monoisotopic (exact) mass is 238 g/mol. The first kappa shape index (κ1) is 13.7. The normalized spacial score (nSPS) is 13.2. The zero-order valence-electron chi connectivity index (χ0n) is 10.8. The van der Waals surface area contributed by atoms with Crippen molar-refractivity contribution in [2.24, 2.45) is 0 Å². The van der Waals surface area contributed by atoms with Gasteiger partial charge in [0.1, 0.15) is 12.3 Å². The van der Waals surface area contributed by atoms with Crippen LogP contribution in [0.15, 0.2) is 24.3 Å². The largest absolute Gasteiger partial charge is 0.497 e. The summed E-state index contributed by atoms with van der Waals surface area (Å²) in [6, 6.07) is 6.76. The van der Waals surface area contributed by atoms with Crippen molar-refractivity contribution in [3.8, 4) is 5.75 Å². The lowest BCUT2D eigenvalue weighted by molar-refractivity contribution is -0.872. The van der Waals surface area contributed by atoms with Crippen molar-refractivity contribution in [1.29, 1.82) is 0 Å². The lowest BCUT2D eigenvalue weighted by Gasteiger charge is -2.26. The number of methoxy groups -OCH3 is 1. The molecule has 1 aromatic carbocycles. The highest BCUT2D eigenvalue weighted by atomic mass is 16.5. The van der Waals surface area contributed by atoms with Crippen LogP contribution in [0.2, 0.25) is 0 Å². The molecule has 0 aliphatic rings. The van der Waals surface area contributed by atoms with Crippen LogP contribution in [0.5, 0.6) is 5.75 Å². The topological polar surface area (TPSA) is 46.5 Å². The lowest BCUT2D eigenvalue weighted by Crippen LogP contribution is -2.44. The number of Topliss-reactive ketones (excluding diaryl/α,β-unsaturated/α-hetero) is 1. The molecule has 0 spiro atoms. The van der Waals surface area contributed by atoms with Gasteiger partial charge < -0.3 is 14.3 Å². The number of aliphatic hydroxyl groups is 1. The van der Waals surface area contributed by atoms with E-state index in [4.69, 9.17) is 4.74 Å². The van der Waals surface area contributed by atoms with E-state index in [9.17, 15) is 9.90 Å². The first-order valence-corrected chi connectivity index (χ1v) is 5.50. The zero-order chi connectivity index (χ0) is 13.1. The van der Waals surface area contributed by atoms with E-state index in [1.165, 1.54) is 0 Å². The quantitative estimate of drug-likeness (QED) is 0.613. The number of aliphatic hydroxyl groups excluding tert-OH is 1. The van der Waals surface area contributed by atoms with Crippen molar-refractivity contribution in [2.75, 3.05) is 34.8 Å². The van der Waals surface area contributed by atoms with Gasteiger partial charge in [-0.05, 0) is 24.3 Å². The number of benzene rings is 1. The molecule has 0 fully saturated rings. The number of hydrogen-bond donors (Lipinski definition) is 1. The summed E-state index contributed by atoms with van der Waals surface area (Å²) in [5.74, 6) is 0.448. The van der Waals surface area contributed by atoms with Crippen LogP contribution in [0.3, 0.4) is 0 Å². The maximum absolute atomic E-state index is 11.9. The van der Waals surface area contributed by atoms with E-state index in [0.29, 0.717) is 22.3 Å². The Bertz CT molecular complexity index is 379. The van der Waals surface area contributed by atoms with Gasteiger partial charge in [0, 0.05) is 5.56 Å². The molecule has 0 aliphatic heterocycles. The molecule has 0 aliphatic carbocycles. The fourth-order valence-corrected chi connectivity index (χ4v) is 1.55. The molecule has 0 saturated carbocycles. The second-order valence-corrected chi connectivity index (χ2v) is 5.08. The molecule has 1 unspecified atom stereocenters. The highest BCUT2D eigenvalue weighted by Crippen LogP contribution is 2.13. The van der Waals surface area contributed by atoms with Gasteiger partial charge in [0.05, 0.1) is 28.3 Å². The molecule has 17 heavy (non-hydrogen) atoms. The molecule has 1 aromatic rings. The standard InChI is InChI=1S/C13H20NO3/c1-14(2,3)9-12(15)13(16)10-5-7-11(17-4)8-6-10/h5-8,12,15H,9H2,1-4H3/q+1. The Morgan fingerprint density at radius 3 is 2.24 bits per heavy atom. The summed E-state index contributed by atoms with van der Waals surface area (Å²) < 4.78 is 5.56. The summed E-state index contributed by atoms with van der Waals surface area (Å²) in [7, 11) is 7.38. The maximum Gasteiger partial charge on any atom is 0.197 e. The summed E-state index contributed by atoms with van der Waals surface area (Å²) in [4.78, 5) is 11.9. The predicted molar refractivity (Wildman–Crippen MR) is 66.2 cm³/mol. The minimum absolute atomic E-state index is 0.249. The van der Waals surface area contributed by atoms with E-state index >= 15 is 0 Å². The maximum atomic E-state index is 11.9. The average Bonchev–Trinajstić information content (AvgIpc) is 2.26. The third-order valence-electron chi connectivity index (χ3n) is 2.40. The molecule has 94 valence electrons. The van der Waals surface area contributed by atoms with Crippen molar-refractivity contribution >= 4 is 5.78 Å². The Labute approximate surface area is 102 Å². The first-order valence-electron chi connectivity index (χ1n) is 5.50. The number of nitrogens with zero attached hydrogens (tertiary/aromatic N) is 1. The molecule has 1 N–H and O–H groups in total. The van der Waals surface area contributed by atoms with Gasteiger partial charge in [-0.1, -0.05) is 0 Å². The number of carbonyl (C=O) groups is 1. The number of carbonyl (C=O) groups excluding carboxylic acids is 1. The second kappa shape index (κ2) is 5.29. The minimum atomic E-state index is -0.969. The Kier molecular flexibility index (Phi) is 4.26. The number of ether oxygens (including phenoxy) is 1. The van der Waals surface area contributed by atoms with Crippen LogP contribution in [0, 0.1) is 0 Å². The van der Waals surface area contributed by atoms with Gasteiger partial charge in [-0.15, -0.1) is 0 Å². The van der Waals surface area contributed by atoms with Gasteiger partial charge >= 0.3 is 0 Å². The third-order valence-corrected chi connectivity index (χ3v) is 2.40. The second-order valence-electron chi connectivity index (χ2n) is 5.08. The Morgan fingerprint density at radius 1 is 1.29 bits per heavy atom. The molecular weight excluding hydrogens is 218 g/mol. The van der Waals surface area contributed by atoms with Gasteiger partial charge in [-0.25, -0.2) is 0 Å². The molecule has 1 atom stereocenters. The molecule has 4 nitrogen and oxygen atoms in total. The van der Waals surface area contributed by atoms with E-state index in [0.717, 1.165) is 0 Å². The first-order chi connectivity index (χ1) is 7.83. The van der Waals surface area contributed by atoms with E-state index < -0.39 is 6.10 Å². The third kappa shape index (κ3) is 4.17. The van der Waals surface area contributed by atoms with Crippen LogP contribution in [0.4, 0.5) is 0 Å². The van der Waals surface area contributed by atoms with Gasteiger partial charge in [0.2, 0.25) is 0 Å². The summed E-state index contributed by atoms with van der Waals surface area (Å²) in [5.41, 5.74) is 0.506. The zero-order valence-corrected chi connectivity index (χ0v) is 10.8. The van der Waals surface area contributed by atoms with Crippen molar-refractivity contribution in [1.82, 2.24) is 0 Å². The van der Waals surface area contributed by atoms with E-state index in [2.05, 4.69) is 0 Å². The molecule has 4 heteroatoms. The van der Waals surface area contributed by atoms with Crippen LogP contribution in [-0.2, 0) is 0 Å². The number of hydrogen-bond acceptors (Lipinski definition) is 3. The average molecular weight is 238 g/mol. The van der Waals surface area contributed by atoms with Gasteiger partial charge in [-0.3, -0.25) is 4.79 Å². The van der Waals surface area contributed by atoms with Crippen molar-refractivity contribution in [2.45, 2.75) is 6.10 Å². The van der Waals surface area contributed by atoms with Crippen LogP contribution < -0.4 is 4.74 Å². The number of rotatable bonds is 5. The summed E-state index contributed by atoms with van der Waals surface area (Å²) >= 11 is 0. The molecule has 1 rings (SSSR count). The Hall–Kier alpha value is -1.39. The lowest BCUT2D eigenvalue weighted by atomic mass is 10.1. The highest BCUT2D eigenvalue weighted by Gasteiger charge is 2.23. The summed E-state index contributed by atoms with van der Waals surface area (Å²) in [6.07, 6.45) is -0.969. The van der Waals surface area contributed by atoms with Crippen LogP contribution in [0.25, 0.3) is 0 Å². The van der Waals surface area contributed by atoms with E-state index in [-0.39, 0.29) is 5.78 Å². The SMILES string of the molecule is COc1ccc(C(=O)C(O)C[N+](C)(C)C)cc1. The smallest absolute Gasteiger partial charge is 0.197 e. The van der Waals surface area contributed by atoms with Crippen molar-refractivity contribution < 1.29 is 19.1 Å². The molecule has 0 bridgehead atoms. The fraction of sp³-hybridized carbons (Fsp3) is 0.462.